The van der Waals surface area contributed by atoms with E-state index in [1.807, 2.05) is 0 Å². The molecule has 0 bridgehead atoms. The van der Waals surface area contributed by atoms with Gasteiger partial charge in [-0.2, -0.15) is 0 Å². The number of methoxy groups -OCH3 is 1. The zero-order valence-electron chi connectivity index (χ0n) is 14.6. The molecule has 132 valence electrons. The summed E-state index contributed by atoms with van der Waals surface area (Å²) in [6.07, 6.45) is 6.75. The number of nitrogens with zero attached hydrogens (tertiary/aromatic N) is 1. The van der Waals surface area contributed by atoms with Gasteiger partial charge in [-0.05, 0) is 36.5 Å². The van der Waals surface area contributed by atoms with Crippen molar-refractivity contribution in [2.24, 2.45) is 5.92 Å². The molecular formula is C19H28N2O3. The van der Waals surface area contributed by atoms with Gasteiger partial charge in [0.1, 0.15) is 0 Å². The van der Waals surface area contributed by atoms with E-state index in [2.05, 4.69) is 22.3 Å². The molecule has 0 amide bonds. The standard InChI is InChI=1S/C19H28N2O3/c1-22-16-11-15(12-17-19(16)24-13-23-17)18(14-5-3-2-4-6-14)21-9-7-20-8-10-21/h11-12,14,18,20H,2-10,13H2,1H3/t18-/m1/s1. The summed E-state index contributed by atoms with van der Waals surface area (Å²) in [6, 6.07) is 4.82. The van der Waals surface area contributed by atoms with Gasteiger partial charge < -0.3 is 19.5 Å². The van der Waals surface area contributed by atoms with Gasteiger partial charge in [0.25, 0.3) is 0 Å². The normalized spacial score (nSPS) is 23.2. The van der Waals surface area contributed by atoms with Crippen molar-refractivity contribution >= 4 is 0 Å². The second-order valence-corrected chi connectivity index (χ2v) is 7.09. The molecule has 0 radical (unpaired) electrons. The number of fused-ring (bicyclic) bond motifs is 1. The van der Waals surface area contributed by atoms with E-state index in [0.29, 0.717) is 6.04 Å². The van der Waals surface area contributed by atoms with Crippen molar-refractivity contribution in [2.75, 3.05) is 40.1 Å². The second kappa shape index (κ2) is 7.19. The number of piperazine rings is 1. The molecule has 0 aromatic heterocycles. The minimum atomic E-state index is 0.289. The average molecular weight is 332 g/mol. The summed E-state index contributed by atoms with van der Waals surface area (Å²) in [5.74, 6) is 3.11. The van der Waals surface area contributed by atoms with Gasteiger partial charge >= 0.3 is 0 Å². The first-order chi connectivity index (χ1) is 11.9. The van der Waals surface area contributed by atoms with Gasteiger partial charge in [0.2, 0.25) is 12.5 Å². The SMILES string of the molecule is COc1cc([C@@H](C2CCCCC2)N2CCNCC2)cc2c1OCO2. The Morgan fingerprint density at radius 3 is 2.67 bits per heavy atom. The van der Waals surface area contributed by atoms with Crippen molar-refractivity contribution in [1.82, 2.24) is 10.2 Å². The van der Waals surface area contributed by atoms with Crippen molar-refractivity contribution in [2.45, 2.75) is 38.1 Å². The molecule has 4 rings (SSSR count). The lowest BCUT2D eigenvalue weighted by atomic mass is 9.80. The fourth-order valence-electron chi connectivity index (χ4n) is 4.51. The molecule has 2 heterocycles. The van der Waals surface area contributed by atoms with Crippen molar-refractivity contribution < 1.29 is 14.2 Å². The number of hydrogen-bond acceptors (Lipinski definition) is 5. The molecule has 24 heavy (non-hydrogen) atoms. The molecule has 1 saturated carbocycles. The third kappa shape index (κ3) is 3.07. The maximum absolute atomic E-state index is 5.67. The number of hydrogen-bond donors (Lipinski definition) is 1. The lowest BCUT2D eigenvalue weighted by molar-refractivity contribution is 0.103. The van der Waals surface area contributed by atoms with E-state index in [-0.39, 0.29) is 6.79 Å². The number of nitrogens with one attached hydrogen (secondary N) is 1. The van der Waals surface area contributed by atoms with Crippen LogP contribution in [0.5, 0.6) is 17.2 Å². The van der Waals surface area contributed by atoms with Crippen LogP contribution in [0.15, 0.2) is 12.1 Å². The summed E-state index contributed by atoms with van der Waals surface area (Å²) in [4.78, 5) is 2.66. The van der Waals surface area contributed by atoms with Crippen molar-refractivity contribution in [3.05, 3.63) is 17.7 Å². The summed E-state index contributed by atoms with van der Waals surface area (Å²) in [5, 5.41) is 3.48. The molecule has 5 heteroatoms. The fourth-order valence-corrected chi connectivity index (χ4v) is 4.51. The van der Waals surface area contributed by atoms with Gasteiger partial charge in [0.15, 0.2) is 11.5 Å². The Hall–Kier alpha value is -1.46. The first-order valence-corrected chi connectivity index (χ1v) is 9.29. The highest BCUT2D eigenvalue weighted by molar-refractivity contribution is 5.55. The Kier molecular flexibility index (Phi) is 4.81. The highest BCUT2D eigenvalue weighted by Gasteiger charge is 2.33. The molecule has 1 atom stereocenters. The van der Waals surface area contributed by atoms with Crippen LogP contribution in [-0.4, -0.2) is 45.0 Å². The van der Waals surface area contributed by atoms with Crippen LogP contribution < -0.4 is 19.5 Å². The third-order valence-electron chi connectivity index (χ3n) is 5.66. The Labute approximate surface area is 144 Å². The number of benzene rings is 1. The molecule has 1 aromatic rings. The quantitative estimate of drug-likeness (QED) is 0.918. The number of ether oxygens (including phenoxy) is 3. The summed E-state index contributed by atoms with van der Waals surface area (Å²) in [7, 11) is 1.71. The van der Waals surface area contributed by atoms with Gasteiger partial charge in [0, 0.05) is 32.2 Å². The monoisotopic (exact) mass is 332 g/mol. The Bertz CT molecular complexity index is 548. The minimum absolute atomic E-state index is 0.289. The van der Waals surface area contributed by atoms with E-state index >= 15 is 0 Å². The Morgan fingerprint density at radius 2 is 1.92 bits per heavy atom. The molecule has 1 N–H and O–H groups in total. The van der Waals surface area contributed by atoms with Gasteiger partial charge in [0.05, 0.1) is 7.11 Å². The van der Waals surface area contributed by atoms with E-state index < -0.39 is 0 Å². The van der Waals surface area contributed by atoms with E-state index in [4.69, 9.17) is 14.2 Å². The lowest BCUT2D eigenvalue weighted by Gasteiger charge is -2.41. The Balaban J connectivity index is 1.69. The lowest BCUT2D eigenvalue weighted by Crippen LogP contribution is -2.47. The molecule has 5 nitrogen and oxygen atoms in total. The Morgan fingerprint density at radius 1 is 1.12 bits per heavy atom. The summed E-state index contributed by atoms with van der Waals surface area (Å²) in [6.45, 7) is 4.66. The molecule has 2 aliphatic heterocycles. The first kappa shape index (κ1) is 16.0. The van der Waals surface area contributed by atoms with E-state index in [1.165, 1.54) is 37.7 Å². The van der Waals surface area contributed by atoms with Crippen LogP contribution in [0.2, 0.25) is 0 Å². The highest BCUT2D eigenvalue weighted by atomic mass is 16.7. The van der Waals surface area contributed by atoms with Gasteiger partial charge in [-0.1, -0.05) is 19.3 Å². The zero-order valence-corrected chi connectivity index (χ0v) is 14.6. The minimum Gasteiger partial charge on any atom is -0.493 e. The van der Waals surface area contributed by atoms with Gasteiger partial charge in [-0.15, -0.1) is 0 Å². The van der Waals surface area contributed by atoms with Crippen molar-refractivity contribution in [3.8, 4) is 17.2 Å². The second-order valence-electron chi connectivity index (χ2n) is 7.09. The van der Waals surface area contributed by atoms with Crippen LogP contribution in [0.25, 0.3) is 0 Å². The molecule has 0 unspecified atom stereocenters. The molecular weight excluding hydrogens is 304 g/mol. The van der Waals surface area contributed by atoms with Crippen LogP contribution in [-0.2, 0) is 0 Å². The van der Waals surface area contributed by atoms with Crippen molar-refractivity contribution in [1.29, 1.82) is 0 Å². The van der Waals surface area contributed by atoms with E-state index in [0.717, 1.165) is 49.3 Å². The molecule has 1 saturated heterocycles. The van der Waals surface area contributed by atoms with Gasteiger partial charge in [-0.3, -0.25) is 4.90 Å². The van der Waals surface area contributed by atoms with Crippen LogP contribution in [0, 0.1) is 5.92 Å². The molecule has 0 spiro atoms. The van der Waals surface area contributed by atoms with E-state index in [1.54, 1.807) is 7.11 Å². The van der Waals surface area contributed by atoms with Crippen LogP contribution in [0.4, 0.5) is 0 Å². The topological polar surface area (TPSA) is 43.0 Å². The maximum atomic E-state index is 5.67. The highest BCUT2D eigenvalue weighted by Crippen LogP contribution is 2.46. The summed E-state index contributed by atoms with van der Waals surface area (Å²) in [5.41, 5.74) is 1.32. The summed E-state index contributed by atoms with van der Waals surface area (Å²) < 4.78 is 16.8. The largest absolute Gasteiger partial charge is 0.493 e. The van der Waals surface area contributed by atoms with Crippen molar-refractivity contribution in [3.63, 3.8) is 0 Å². The van der Waals surface area contributed by atoms with E-state index in [9.17, 15) is 0 Å². The maximum Gasteiger partial charge on any atom is 0.231 e. The first-order valence-electron chi connectivity index (χ1n) is 9.29. The van der Waals surface area contributed by atoms with Crippen LogP contribution >= 0.6 is 0 Å². The molecule has 1 aliphatic carbocycles. The predicted octanol–water partition coefficient (Wildman–Crippen LogP) is 2.95. The molecule has 3 aliphatic rings. The van der Waals surface area contributed by atoms with Crippen LogP contribution in [0.3, 0.4) is 0 Å². The molecule has 1 aromatic carbocycles. The summed E-state index contributed by atoms with van der Waals surface area (Å²) >= 11 is 0. The fraction of sp³-hybridized carbons (Fsp3) is 0.684. The van der Waals surface area contributed by atoms with Gasteiger partial charge in [-0.25, -0.2) is 0 Å². The zero-order chi connectivity index (χ0) is 16.4. The smallest absolute Gasteiger partial charge is 0.231 e. The predicted molar refractivity (Wildman–Crippen MR) is 92.9 cm³/mol. The number of rotatable bonds is 4. The average Bonchev–Trinajstić information content (AvgIpc) is 3.12. The van der Waals surface area contributed by atoms with Crippen LogP contribution in [0.1, 0.15) is 43.7 Å². The third-order valence-corrected chi connectivity index (χ3v) is 5.66. The molecule has 2 fully saturated rings.